The van der Waals surface area contributed by atoms with Crippen molar-refractivity contribution in [3.63, 3.8) is 0 Å². The van der Waals surface area contributed by atoms with Gasteiger partial charge in [-0.05, 0) is 25.8 Å². The smallest absolute Gasteiger partial charge is 0.287 e. The van der Waals surface area contributed by atoms with Crippen LogP contribution < -0.4 is 11.1 Å². The van der Waals surface area contributed by atoms with Crippen LogP contribution in [-0.2, 0) is 0 Å². The minimum Gasteiger partial charge on any atom is -0.459 e. The maximum absolute atomic E-state index is 11.9. The Hall–Kier alpha value is -1.29. The van der Waals surface area contributed by atoms with Crippen molar-refractivity contribution >= 4 is 5.91 Å². The summed E-state index contributed by atoms with van der Waals surface area (Å²) in [4.78, 5) is 11.9. The lowest BCUT2D eigenvalue weighted by molar-refractivity contribution is 0.0892. The molecule has 1 fully saturated rings. The zero-order chi connectivity index (χ0) is 11.5. The van der Waals surface area contributed by atoms with Gasteiger partial charge in [-0.15, -0.1) is 0 Å². The van der Waals surface area contributed by atoms with Crippen LogP contribution in [0.15, 0.2) is 16.7 Å². The molecule has 2 atom stereocenters. The molecule has 0 radical (unpaired) electrons. The van der Waals surface area contributed by atoms with Crippen LogP contribution in [0.1, 0.15) is 41.8 Å². The fourth-order valence-electron chi connectivity index (χ4n) is 2.18. The second-order valence-electron chi connectivity index (χ2n) is 4.46. The number of furan rings is 1. The van der Waals surface area contributed by atoms with Crippen LogP contribution in [0.5, 0.6) is 0 Å². The van der Waals surface area contributed by atoms with Gasteiger partial charge in [0.25, 0.3) is 5.91 Å². The quantitative estimate of drug-likeness (QED) is 0.798. The Kier molecular flexibility index (Phi) is 3.29. The van der Waals surface area contributed by atoms with E-state index >= 15 is 0 Å². The van der Waals surface area contributed by atoms with Gasteiger partial charge in [0.1, 0.15) is 0 Å². The molecule has 1 aliphatic carbocycles. The first-order valence-electron chi connectivity index (χ1n) is 5.79. The summed E-state index contributed by atoms with van der Waals surface area (Å²) < 4.78 is 5.15. The third kappa shape index (κ3) is 2.27. The number of carbonyl (C=O) groups is 1. The summed E-state index contributed by atoms with van der Waals surface area (Å²) >= 11 is 0. The summed E-state index contributed by atoms with van der Waals surface area (Å²) in [7, 11) is 0. The Morgan fingerprint density at radius 2 is 2.25 bits per heavy atom. The Morgan fingerprint density at radius 3 is 2.88 bits per heavy atom. The molecule has 4 nitrogen and oxygen atoms in total. The second-order valence-corrected chi connectivity index (χ2v) is 4.46. The molecule has 3 N–H and O–H groups in total. The van der Waals surface area contributed by atoms with Gasteiger partial charge in [-0.1, -0.05) is 12.8 Å². The largest absolute Gasteiger partial charge is 0.459 e. The van der Waals surface area contributed by atoms with Gasteiger partial charge >= 0.3 is 0 Å². The fourth-order valence-corrected chi connectivity index (χ4v) is 2.18. The average Bonchev–Trinajstić information content (AvgIpc) is 2.68. The van der Waals surface area contributed by atoms with Gasteiger partial charge in [0.05, 0.1) is 6.26 Å². The zero-order valence-corrected chi connectivity index (χ0v) is 9.53. The predicted octanol–water partition coefficient (Wildman–Crippen LogP) is 1.59. The molecule has 0 bridgehead atoms. The van der Waals surface area contributed by atoms with Crippen molar-refractivity contribution in [3.8, 4) is 0 Å². The van der Waals surface area contributed by atoms with E-state index in [2.05, 4.69) is 5.32 Å². The zero-order valence-electron chi connectivity index (χ0n) is 9.53. The number of amides is 1. The van der Waals surface area contributed by atoms with E-state index < -0.39 is 0 Å². The average molecular weight is 222 g/mol. The molecule has 1 amide bonds. The van der Waals surface area contributed by atoms with E-state index in [1.165, 1.54) is 6.26 Å². The summed E-state index contributed by atoms with van der Waals surface area (Å²) in [5.41, 5.74) is 6.84. The van der Waals surface area contributed by atoms with E-state index in [0.29, 0.717) is 5.76 Å². The number of carbonyl (C=O) groups excluding carboxylic acids is 1. The molecule has 1 heterocycles. The molecule has 1 aromatic rings. The fraction of sp³-hybridized carbons (Fsp3) is 0.583. The van der Waals surface area contributed by atoms with Gasteiger partial charge in [-0.2, -0.15) is 0 Å². The van der Waals surface area contributed by atoms with E-state index in [-0.39, 0.29) is 18.0 Å². The van der Waals surface area contributed by atoms with Crippen LogP contribution in [0.25, 0.3) is 0 Å². The summed E-state index contributed by atoms with van der Waals surface area (Å²) in [6.07, 6.45) is 5.78. The third-order valence-electron chi connectivity index (χ3n) is 3.20. The van der Waals surface area contributed by atoms with Crippen molar-refractivity contribution in [2.45, 2.75) is 44.7 Å². The molecule has 1 saturated carbocycles. The van der Waals surface area contributed by atoms with Crippen LogP contribution in [0.4, 0.5) is 0 Å². The first kappa shape index (κ1) is 11.2. The molecule has 16 heavy (non-hydrogen) atoms. The number of nitrogens with two attached hydrogens (primary N) is 1. The standard InChI is InChI=1S/C12H18N2O2/c1-8-6-7-16-11(8)12(15)14-10-5-3-2-4-9(10)13/h6-7,9-10H,2-5,13H2,1H3,(H,14,15)/t9-,10-/m1/s1. The minimum absolute atomic E-state index is 0.0768. The Morgan fingerprint density at radius 1 is 1.50 bits per heavy atom. The van der Waals surface area contributed by atoms with Crippen molar-refractivity contribution in [1.82, 2.24) is 5.32 Å². The van der Waals surface area contributed by atoms with Gasteiger partial charge in [0.2, 0.25) is 0 Å². The molecule has 0 aromatic carbocycles. The molecule has 1 aromatic heterocycles. The van der Waals surface area contributed by atoms with Crippen molar-refractivity contribution in [2.75, 3.05) is 0 Å². The SMILES string of the molecule is Cc1ccoc1C(=O)N[C@@H]1CCCC[C@H]1N. The Balaban J connectivity index is 1.99. The summed E-state index contributed by atoms with van der Waals surface area (Å²) in [5, 5.41) is 2.95. The lowest BCUT2D eigenvalue weighted by Crippen LogP contribution is -2.49. The van der Waals surface area contributed by atoms with Crippen molar-refractivity contribution in [1.29, 1.82) is 0 Å². The first-order chi connectivity index (χ1) is 7.68. The number of nitrogens with one attached hydrogen (secondary N) is 1. The molecule has 0 unspecified atom stereocenters. The summed E-state index contributed by atoms with van der Waals surface area (Å²) in [6, 6.07) is 1.95. The lowest BCUT2D eigenvalue weighted by atomic mass is 9.91. The van der Waals surface area contributed by atoms with Crippen LogP contribution in [-0.4, -0.2) is 18.0 Å². The molecule has 4 heteroatoms. The molecule has 0 spiro atoms. The van der Waals surface area contributed by atoms with Gasteiger partial charge in [0.15, 0.2) is 5.76 Å². The van der Waals surface area contributed by atoms with Gasteiger partial charge in [0, 0.05) is 17.6 Å². The number of hydrogen-bond acceptors (Lipinski definition) is 3. The normalized spacial score (nSPS) is 25.4. The van der Waals surface area contributed by atoms with Gasteiger partial charge in [-0.3, -0.25) is 4.79 Å². The monoisotopic (exact) mass is 222 g/mol. The van der Waals surface area contributed by atoms with Gasteiger partial charge in [-0.25, -0.2) is 0 Å². The highest BCUT2D eigenvalue weighted by molar-refractivity contribution is 5.93. The predicted molar refractivity (Wildman–Crippen MR) is 61.1 cm³/mol. The maximum atomic E-state index is 11.9. The van der Waals surface area contributed by atoms with E-state index in [9.17, 15) is 4.79 Å². The highest BCUT2D eigenvalue weighted by atomic mass is 16.3. The molecule has 88 valence electrons. The Bertz CT molecular complexity index is 373. The molecule has 2 rings (SSSR count). The van der Waals surface area contributed by atoms with Crippen LogP contribution in [0, 0.1) is 6.92 Å². The highest BCUT2D eigenvalue weighted by Gasteiger charge is 2.25. The van der Waals surface area contributed by atoms with Crippen molar-refractivity contribution in [2.24, 2.45) is 5.73 Å². The van der Waals surface area contributed by atoms with Crippen LogP contribution in [0.2, 0.25) is 0 Å². The molecule has 0 saturated heterocycles. The first-order valence-corrected chi connectivity index (χ1v) is 5.79. The van der Waals surface area contributed by atoms with E-state index in [0.717, 1.165) is 31.2 Å². The molecular formula is C12H18N2O2. The van der Waals surface area contributed by atoms with Gasteiger partial charge < -0.3 is 15.5 Å². The number of hydrogen-bond donors (Lipinski definition) is 2. The molecule has 1 aliphatic rings. The van der Waals surface area contributed by atoms with E-state index in [1.807, 2.05) is 6.92 Å². The van der Waals surface area contributed by atoms with E-state index in [4.69, 9.17) is 10.2 Å². The Labute approximate surface area is 95.2 Å². The lowest BCUT2D eigenvalue weighted by Gasteiger charge is -2.28. The second kappa shape index (κ2) is 4.70. The van der Waals surface area contributed by atoms with Crippen molar-refractivity contribution < 1.29 is 9.21 Å². The number of rotatable bonds is 2. The topological polar surface area (TPSA) is 68.3 Å². The summed E-state index contributed by atoms with van der Waals surface area (Å²) in [6.45, 7) is 1.86. The highest BCUT2D eigenvalue weighted by Crippen LogP contribution is 2.18. The van der Waals surface area contributed by atoms with Crippen LogP contribution >= 0.6 is 0 Å². The van der Waals surface area contributed by atoms with E-state index in [1.54, 1.807) is 6.07 Å². The molecule has 0 aliphatic heterocycles. The third-order valence-corrected chi connectivity index (χ3v) is 3.20. The number of aryl methyl sites for hydroxylation is 1. The minimum atomic E-state index is -0.148. The van der Waals surface area contributed by atoms with Crippen LogP contribution in [0.3, 0.4) is 0 Å². The summed E-state index contributed by atoms with van der Waals surface area (Å²) in [5.74, 6) is 0.252. The van der Waals surface area contributed by atoms with Crippen molar-refractivity contribution in [3.05, 3.63) is 23.7 Å². The molecular weight excluding hydrogens is 204 g/mol. The maximum Gasteiger partial charge on any atom is 0.287 e.